The summed E-state index contributed by atoms with van der Waals surface area (Å²) in [6, 6.07) is 4.07. The van der Waals surface area contributed by atoms with E-state index in [0.29, 0.717) is 5.56 Å². The second kappa shape index (κ2) is 7.92. The average Bonchev–Trinajstić information content (AvgIpc) is 3.38. The van der Waals surface area contributed by atoms with E-state index >= 15 is 0 Å². The number of pyridine rings is 1. The van der Waals surface area contributed by atoms with Crippen molar-refractivity contribution >= 4 is 17.4 Å². The Hall–Kier alpha value is -3.00. The Morgan fingerprint density at radius 2 is 2.03 bits per heavy atom. The summed E-state index contributed by atoms with van der Waals surface area (Å²) in [5.41, 5.74) is 10.5. The van der Waals surface area contributed by atoms with Crippen LogP contribution in [-0.4, -0.2) is 56.1 Å². The number of likely N-dealkylation sites (tertiary alicyclic amines) is 1. The molecule has 2 atom stereocenters. The van der Waals surface area contributed by atoms with Crippen molar-refractivity contribution < 1.29 is 4.79 Å². The molecule has 3 aromatic heterocycles. The molecule has 5 heterocycles. The van der Waals surface area contributed by atoms with Crippen LogP contribution in [-0.2, 0) is 0 Å². The van der Waals surface area contributed by atoms with E-state index in [9.17, 15) is 4.79 Å². The number of amides is 1. The third kappa shape index (κ3) is 3.65. The molecular weight excluding hydrogens is 390 g/mol. The average molecular weight is 420 g/mol. The lowest BCUT2D eigenvalue weighted by Gasteiger charge is -2.35. The maximum atomic E-state index is 13.3. The Morgan fingerprint density at radius 1 is 1.16 bits per heavy atom. The zero-order chi connectivity index (χ0) is 21.5. The number of aryl methyl sites for hydroxylation is 2. The van der Waals surface area contributed by atoms with Gasteiger partial charge in [0, 0.05) is 55.9 Å². The number of rotatable bonds is 3. The molecule has 0 spiro atoms. The molecule has 8 heteroatoms. The molecule has 0 saturated carbocycles. The molecule has 3 aromatic rings. The van der Waals surface area contributed by atoms with E-state index in [1.807, 2.05) is 34.7 Å². The molecule has 0 aliphatic carbocycles. The lowest BCUT2D eigenvalue weighted by molar-refractivity contribution is 0.0604. The molecule has 5 rings (SSSR count). The van der Waals surface area contributed by atoms with Crippen LogP contribution in [0.1, 0.15) is 58.9 Å². The number of piperidine rings is 1. The van der Waals surface area contributed by atoms with Gasteiger partial charge in [0.15, 0.2) is 5.65 Å². The largest absolute Gasteiger partial charge is 0.355 e. The van der Waals surface area contributed by atoms with Crippen LogP contribution in [0.5, 0.6) is 0 Å². The van der Waals surface area contributed by atoms with Gasteiger partial charge < -0.3 is 15.5 Å². The molecule has 2 saturated heterocycles. The second-order valence-corrected chi connectivity index (χ2v) is 8.81. The van der Waals surface area contributed by atoms with E-state index in [2.05, 4.69) is 16.8 Å². The van der Waals surface area contributed by atoms with Crippen LogP contribution < -0.4 is 10.6 Å². The molecule has 2 unspecified atom stereocenters. The van der Waals surface area contributed by atoms with Gasteiger partial charge in [-0.3, -0.25) is 9.78 Å². The molecule has 2 aliphatic rings. The number of carbonyl (C=O) groups is 1. The minimum Gasteiger partial charge on any atom is -0.355 e. The highest BCUT2D eigenvalue weighted by atomic mass is 16.2. The Kier molecular flexibility index (Phi) is 5.09. The minimum absolute atomic E-state index is 0.0308. The second-order valence-electron chi connectivity index (χ2n) is 8.81. The van der Waals surface area contributed by atoms with Crippen LogP contribution in [0, 0.1) is 13.8 Å². The highest BCUT2D eigenvalue weighted by molar-refractivity contribution is 5.95. The summed E-state index contributed by atoms with van der Waals surface area (Å²) in [6.45, 7) is 6.52. The molecule has 31 heavy (non-hydrogen) atoms. The van der Waals surface area contributed by atoms with Gasteiger partial charge in [0.25, 0.3) is 5.91 Å². The Bertz CT molecular complexity index is 1120. The molecule has 2 fully saturated rings. The lowest BCUT2D eigenvalue weighted by Crippen LogP contribution is -2.39. The van der Waals surface area contributed by atoms with Crippen LogP contribution in [0.15, 0.2) is 30.7 Å². The minimum atomic E-state index is -0.0495. The van der Waals surface area contributed by atoms with Crippen molar-refractivity contribution in [1.82, 2.24) is 24.5 Å². The number of anilines is 1. The van der Waals surface area contributed by atoms with Gasteiger partial charge in [-0.2, -0.15) is 5.10 Å². The van der Waals surface area contributed by atoms with E-state index in [4.69, 9.17) is 15.8 Å². The molecule has 8 nitrogen and oxygen atoms in total. The van der Waals surface area contributed by atoms with Crippen molar-refractivity contribution in [3.63, 3.8) is 0 Å². The van der Waals surface area contributed by atoms with Gasteiger partial charge in [0.2, 0.25) is 0 Å². The summed E-state index contributed by atoms with van der Waals surface area (Å²) in [5, 5.41) is 4.83. The van der Waals surface area contributed by atoms with Crippen LogP contribution in [0.25, 0.3) is 5.65 Å². The number of fused-ring (bicyclic) bond motifs is 1. The van der Waals surface area contributed by atoms with Gasteiger partial charge in [0.05, 0.1) is 17.3 Å². The van der Waals surface area contributed by atoms with Crippen LogP contribution in [0.2, 0.25) is 0 Å². The lowest BCUT2D eigenvalue weighted by atomic mass is 9.98. The number of carbonyl (C=O) groups excluding carboxylic acids is 1. The fraction of sp³-hybridized carbons (Fsp3) is 0.478. The summed E-state index contributed by atoms with van der Waals surface area (Å²) >= 11 is 0. The van der Waals surface area contributed by atoms with Gasteiger partial charge in [-0.25, -0.2) is 9.50 Å². The molecule has 2 aliphatic heterocycles. The van der Waals surface area contributed by atoms with E-state index in [1.165, 1.54) is 0 Å². The summed E-state index contributed by atoms with van der Waals surface area (Å²) < 4.78 is 1.84. The quantitative estimate of drug-likeness (QED) is 0.702. The normalized spacial score (nSPS) is 21.8. The first-order valence-electron chi connectivity index (χ1n) is 11.1. The Morgan fingerprint density at radius 3 is 2.81 bits per heavy atom. The van der Waals surface area contributed by atoms with E-state index < -0.39 is 0 Å². The smallest absolute Gasteiger partial charge is 0.256 e. The SMILES string of the molecule is Cc1ccncc1C(=O)N1CCCCC1c1cc2nc(N3CCC(N)C3)c(C)cn2n1. The van der Waals surface area contributed by atoms with Gasteiger partial charge in [-0.1, -0.05) is 0 Å². The van der Waals surface area contributed by atoms with Crippen molar-refractivity contribution in [2.75, 3.05) is 24.5 Å². The number of aromatic nitrogens is 4. The van der Waals surface area contributed by atoms with E-state index in [1.54, 1.807) is 12.4 Å². The summed E-state index contributed by atoms with van der Waals surface area (Å²) in [4.78, 5) is 26.6. The summed E-state index contributed by atoms with van der Waals surface area (Å²) in [5.74, 6) is 1.01. The topological polar surface area (TPSA) is 92.7 Å². The monoisotopic (exact) mass is 419 g/mol. The molecule has 1 amide bonds. The van der Waals surface area contributed by atoms with Crippen molar-refractivity contribution in [2.45, 2.75) is 51.6 Å². The van der Waals surface area contributed by atoms with Gasteiger partial charge in [0.1, 0.15) is 5.82 Å². The van der Waals surface area contributed by atoms with Crippen molar-refractivity contribution in [2.24, 2.45) is 5.73 Å². The Balaban J connectivity index is 1.48. The predicted octanol–water partition coefficient (Wildman–Crippen LogP) is 2.65. The molecule has 162 valence electrons. The maximum Gasteiger partial charge on any atom is 0.256 e. The first-order valence-corrected chi connectivity index (χ1v) is 11.1. The molecule has 0 aromatic carbocycles. The summed E-state index contributed by atoms with van der Waals surface area (Å²) in [7, 11) is 0. The van der Waals surface area contributed by atoms with E-state index in [0.717, 1.165) is 73.6 Å². The van der Waals surface area contributed by atoms with E-state index in [-0.39, 0.29) is 18.0 Å². The standard InChI is InChI=1S/C23H29N7O/c1-15-6-8-25-12-18(15)23(31)29-9-4-3-5-20(29)19-11-21-26-22(16(2)13-30(21)27-19)28-10-7-17(24)14-28/h6,8,11-13,17,20H,3-5,7,9-10,14,24H2,1-2H3. The predicted molar refractivity (Wildman–Crippen MR) is 119 cm³/mol. The van der Waals surface area contributed by atoms with Gasteiger partial charge >= 0.3 is 0 Å². The van der Waals surface area contributed by atoms with Crippen LogP contribution in [0.3, 0.4) is 0 Å². The van der Waals surface area contributed by atoms with Crippen molar-refractivity contribution in [1.29, 1.82) is 0 Å². The number of hydrogen-bond donors (Lipinski definition) is 1. The highest BCUT2D eigenvalue weighted by Crippen LogP contribution is 2.33. The highest BCUT2D eigenvalue weighted by Gasteiger charge is 2.31. The number of hydrogen-bond acceptors (Lipinski definition) is 6. The number of nitrogens with two attached hydrogens (primary N) is 1. The zero-order valence-corrected chi connectivity index (χ0v) is 18.2. The first kappa shape index (κ1) is 19.9. The van der Waals surface area contributed by atoms with Gasteiger partial charge in [-0.05, 0) is 51.2 Å². The zero-order valence-electron chi connectivity index (χ0n) is 18.2. The molecular formula is C23H29N7O. The van der Waals surface area contributed by atoms with Crippen LogP contribution in [0.4, 0.5) is 5.82 Å². The van der Waals surface area contributed by atoms with Crippen molar-refractivity contribution in [3.05, 3.63) is 53.1 Å². The first-order chi connectivity index (χ1) is 15.0. The fourth-order valence-corrected chi connectivity index (χ4v) is 4.81. The summed E-state index contributed by atoms with van der Waals surface area (Å²) in [6.07, 6.45) is 9.41. The Labute approximate surface area is 182 Å². The third-order valence-corrected chi connectivity index (χ3v) is 6.52. The van der Waals surface area contributed by atoms with Gasteiger partial charge in [-0.15, -0.1) is 0 Å². The van der Waals surface area contributed by atoms with Crippen LogP contribution >= 0.6 is 0 Å². The molecule has 0 bridgehead atoms. The molecule has 0 radical (unpaired) electrons. The maximum absolute atomic E-state index is 13.3. The fourth-order valence-electron chi connectivity index (χ4n) is 4.81. The van der Waals surface area contributed by atoms with Crippen molar-refractivity contribution in [3.8, 4) is 0 Å². The number of nitrogens with zero attached hydrogens (tertiary/aromatic N) is 6. The molecule has 2 N–H and O–H groups in total. The third-order valence-electron chi connectivity index (χ3n) is 6.52.